The first-order valence-electron chi connectivity index (χ1n) is 6.08. The van der Waals surface area contributed by atoms with Gasteiger partial charge in [0.05, 0.1) is 12.3 Å². The molecular weight excluding hydrogens is 254 g/mol. The molecule has 0 aliphatic carbocycles. The number of nitrogens with zero attached hydrogens (tertiary/aromatic N) is 2. The molecular formula is C11H21N3O3S. The van der Waals surface area contributed by atoms with Gasteiger partial charge in [0, 0.05) is 18.8 Å². The third kappa shape index (κ3) is 4.08. The minimum absolute atomic E-state index is 0.0308. The van der Waals surface area contributed by atoms with E-state index in [9.17, 15) is 13.5 Å². The van der Waals surface area contributed by atoms with Gasteiger partial charge in [0.15, 0.2) is 0 Å². The molecule has 1 rings (SSSR count). The first-order valence-corrected chi connectivity index (χ1v) is 7.57. The molecule has 1 unspecified atom stereocenters. The average Bonchev–Trinajstić information content (AvgIpc) is 2.77. The molecule has 2 N–H and O–H groups in total. The van der Waals surface area contributed by atoms with E-state index in [1.54, 1.807) is 4.68 Å². The summed E-state index contributed by atoms with van der Waals surface area (Å²) in [5.41, 5.74) is 0. The summed E-state index contributed by atoms with van der Waals surface area (Å²) in [4.78, 5) is 0.125. The number of aromatic nitrogens is 2. The molecule has 0 amide bonds. The first kappa shape index (κ1) is 15.1. The van der Waals surface area contributed by atoms with E-state index in [1.165, 1.54) is 12.4 Å². The Morgan fingerprint density at radius 1 is 1.50 bits per heavy atom. The first-order chi connectivity index (χ1) is 8.36. The predicted octanol–water partition coefficient (Wildman–Crippen LogP) is 0.903. The highest BCUT2D eigenvalue weighted by Gasteiger charge is 2.18. The Morgan fingerprint density at radius 2 is 2.17 bits per heavy atom. The fraction of sp³-hybridized carbons (Fsp3) is 0.727. The van der Waals surface area contributed by atoms with Crippen molar-refractivity contribution in [2.24, 2.45) is 0 Å². The van der Waals surface area contributed by atoms with Crippen LogP contribution in [-0.4, -0.2) is 36.0 Å². The van der Waals surface area contributed by atoms with Gasteiger partial charge in [0.2, 0.25) is 10.0 Å². The van der Waals surface area contributed by atoms with E-state index in [1.807, 2.05) is 20.8 Å². The number of aliphatic hydroxyl groups excluding tert-OH is 1. The Morgan fingerprint density at radius 3 is 2.67 bits per heavy atom. The molecule has 0 radical (unpaired) electrons. The van der Waals surface area contributed by atoms with Gasteiger partial charge in [-0.15, -0.1) is 0 Å². The van der Waals surface area contributed by atoms with Crippen molar-refractivity contribution in [1.29, 1.82) is 0 Å². The van der Waals surface area contributed by atoms with Crippen molar-refractivity contribution in [1.82, 2.24) is 14.5 Å². The zero-order valence-electron chi connectivity index (χ0n) is 11.0. The Bertz CT molecular complexity index is 468. The van der Waals surface area contributed by atoms with E-state index in [2.05, 4.69) is 9.82 Å². The van der Waals surface area contributed by atoms with Crippen LogP contribution in [0.1, 0.15) is 39.7 Å². The SMILES string of the molecule is CCCC(O)CNS(=O)(=O)c1cnn(C(C)C)c1. The number of aliphatic hydroxyl groups is 1. The third-order valence-electron chi connectivity index (χ3n) is 2.55. The Balaban J connectivity index is 2.68. The van der Waals surface area contributed by atoms with E-state index in [-0.39, 0.29) is 17.5 Å². The summed E-state index contributed by atoms with van der Waals surface area (Å²) in [6.45, 7) is 5.80. The minimum Gasteiger partial charge on any atom is -0.392 e. The number of sulfonamides is 1. The molecule has 1 aromatic heterocycles. The fourth-order valence-electron chi connectivity index (χ4n) is 1.47. The summed E-state index contributed by atoms with van der Waals surface area (Å²) in [6, 6.07) is 0.111. The van der Waals surface area contributed by atoms with Crippen LogP contribution in [-0.2, 0) is 10.0 Å². The van der Waals surface area contributed by atoms with Crippen molar-refractivity contribution in [2.45, 2.75) is 50.7 Å². The Labute approximate surface area is 108 Å². The summed E-state index contributed by atoms with van der Waals surface area (Å²) in [7, 11) is -3.58. The van der Waals surface area contributed by atoms with Crippen molar-refractivity contribution in [3.05, 3.63) is 12.4 Å². The topological polar surface area (TPSA) is 84.2 Å². The molecule has 1 atom stereocenters. The van der Waals surface area contributed by atoms with Crippen LogP contribution in [0.4, 0.5) is 0 Å². The van der Waals surface area contributed by atoms with E-state index in [0.29, 0.717) is 6.42 Å². The van der Waals surface area contributed by atoms with Crippen molar-refractivity contribution in [2.75, 3.05) is 6.54 Å². The van der Waals surface area contributed by atoms with E-state index >= 15 is 0 Å². The van der Waals surface area contributed by atoms with Crippen LogP contribution in [0.25, 0.3) is 0 Å². The molecule has 0 spiro atoms. The summed E-state index contributed by atoms with van der Waals surface area (Å²) in [5, 5.41) is 13.5. The third-order valence-corrected chi connectivity index (χ3v) is 3.93. The molecule has 104 valence electrons. The van der Waals surface area contributed by atoms with Crippen molar-refractivity contribution in [3.8, 4) is 0 Å². The molecule has 6 nitrogen and oxygen atoms in total. The van der Waals surface area contributed by atoms with Crippen molar-refractivity contribution < 1.29 is 13.5 Å². The zero-order valence-corrected chi connectivity index (χ0v) is 11.8. The van der Waals surface area contributed by atoms with E-state index in [4.69, 9.17) is 0 Å². The molecule has 0 aliphatic rings. The molecule has 18 heavy (non-hydrogen) atoms. The summed E-state index contributed by atoms with van der Waals surface area (Å²) < 4.78 is 27.8. The quantitative estimate of drug-likeness (QED) is 0.774. The molecule has 1 heterocycles. The van der Waals surface area contributed by atoms with Crippen LogP contribution < -0.4 is 4.72 Å². The summed E-state index contributed by atoms with van der Waals surface area (Å²) in [6.07, 6.45) is 3.54. The maximum Gasteiger partial charge on any atom is 0.243 e. The molecule has 0 saturated carbocycles. The lowest BCUT2D eigenvalue weighted by Gasteiger charge is -2.10. The average molecular weight is 275 g/mol. The van der Waals surface area contributed by atoms with E-state index < -0.39 is 16.1 Å². The van der Waals surface area contributed by atoms with Crippen LogP contribution in [0.3, 0.4) is 0 Å². The minimum atomic E-state index is -3.58. The van der Waals surface area contributed by atoms with Crippen LogP contribution in [0.2, 0.25) is 0 Å². The molecule has 1 aromatic rings. The summed E-state index contributed by atoms with van der Waals surface area (Å²) >= 11 is 0. The number of hydrogen-bond acceptors (Lipinski definition) is 4. The smallest absolute Gasteiger partial charge is 0.243 e. The second-order valence-electron chi connectivity index (χ2n) is 4.54. The number of rotatable bonds is 7. The van der Waals surface area contributed by atoms with Crippen LogP contribution in [0.5, 0.6) is 0 Å². The Hall–Kier alpha value is -0.920. The number of nitrogens with one attached hydrogen (secondary N) is 1. The van der Waals surface area contributed by atoms with Crippen LogP contribution >= 0.6 is 0 Å². The zero-order chi connectivity index (χ0) is 13.8. The van der Waals surface area contributed by atoms with Gasteiger partial charge >= 0.3 is 0 Å². The molecule has 0 aliphatic heterocycles. The monoisotopic (exact) mass is 275 g/mol. The normalized spacial score (nSPS) is 14.1. The molecule has 0 bridgehead atoms. The van der Waals surface area contributed by atoms with Gasteiger partial charge < -0.3 is 5.11 Å². The second-order valence-corrected chi connectivity index (χ2v) is 6.31. The lowest BCUT2D eigenvalue weighted by molar-refractivity contribution is 0.167. The van der Waals surface area contributed by atoms with E-state index in [0.717, 1.165) is 6.42 Å². The van der Waals surface area contributed by atoms with Gasteiger partial charge in [-0.05, 0) is 20.3 Å². The largest absolute Gasteiger partial charge is 0.392 e. The maximum atomic E-state index is 11.9. The lowest BCUT2D eigenvalue weighted by Crippen LogP contribution is -2.31. The fourth-order valence-corrected chi connectivity index (χ4v) is 2.48. The standard InChI is InChI=1S/C11H21N3O3S/c1-4-5-10(15)6-13-18(16,17)11-7-12-14(8-11)9(2)3/h7-10,13,15H,4-6H2,1-3H3. The van der Waals surface area contributed by atoms with Crippen LogP contribution in [0.15, 0.2) is 17.3 Å². The van der Waals surface area contributed by atoms with Gasteiger partial charge in [0.25, 0.3) is 0 Å². The van der Waals surface area contributed by atoms with Gasteiger partial charge in [0.1, 0.15) is 4.90 Å². The molecule has 0 saturated heterocycles. The van der Waals surface area contributed by atoms with Crippen molar-refractivity contribution in [3.63, 3.8) is 0 Å². The Kier molecular flexibility index (Phi) is 5.30. The summed E-state index contributed by atoms with van der Waals surface area (Å²) in [5.74, 6) is 0. The maximum absolute atomic E-state index is 11.9. The second kappa shape index (κ2) is 6.31. The molecule has 0 aromatic carbocycles. The predicted molar refractivity (Wildman–Crippen MR) is 68.7 cm³/mol. The lowest BCUT2D eigenvalue weighted by atomic mass is 10.2. The highest BCUT2D eigenvalue weighted by Crippen LogP contribution is 2.10. The molecule has 0 fully saturated rings. The number of hydrogen-bond donors (Lipinski definition) is 2. The van der Waals surface area contributed by atoms with Gasteiger partial charge in [-0.25, -0.2) is 13.1 Å². The highest BCUT2D eigenvalue weighted by molar-refractivity contribution is 7.89. The van der Waals surface area contributed by atoms with Gasteiger partial charge in [-0.3, -0.25) is 4.68 Å². The van der Waals surface area contributed by atoms with Gasteiger partial charge in [-0.2, -0.15) is 5.10 Å². The molecule has 7 heteroatoms. The van der Waals surface area contributed by atoms with Gasteiger partial charge in [-0.1, -0.05) is 13.3 Å². The highest BCUT2D eigenvalue weighted by atomic mass is 32.2. The van der Waals surface area contributed by atoms with Crippen molar-refractivity contribution >= 4 is 10.0 Å². The van der Waals surface area contributed by atoms with Crippen LogP contribution in [0, 0.1) is 0 Å².